The Kier molecular flexibility index (Phi) is 5.78. The second kappa shape index (κ2) is 8.23. The zero-order valence-electron chi connectivity index (χ0n) is 14.9. The highest BCUT2D eigenvalue weighted by molar-refractivity contribution is 7.15. The predicted octanol–water partition coefficient (Wildman–Crippen LogP) is 2.33. The van der Waals surface area contributed by atoms with E-state index >= 15 is 0 Å². The number of nitrogens with zero attached hydrogens (tertiary/aromatic N) is 3. The van der Waals surface area contributed by atoms with Gasteiger partial charge in [-0.2, -0.15) is 14.6 Å². The van der Waals surface area contributed by atoms with Crippen LogP contribution in [0.25, 0.3) is 11.0 Å². The number of fused-ring (bicyclic) bond motifs is 1. The molecule has 3 rings (SSSR count). The molecule has 6 nitrogen and oxygen atoms in total. The van der Waals surface area contributed by atoms with Gasteiger partial charge in [-0.25, -0.2) is 0 Å². The van der Waals surface area contributed by atoms with E-state index < -0.39 is 5.56 Å². The van der Waals surface area contributed by atoms with Crippen LogP contribution in [-0.2, 0) is 0 Å². The fourth-order valence-electron chi connectivity index (χ4n) is 2.57. The Bertz CT molecular complexity index is 1070. The van der Waals surface area contributed by atoms with Crippen LogP contribution in [0.4, 0.5) is 0 Å². The molecule has 0 N–H and O–H groups in total. The standard InChI is InChI=1S/C19H21N3O3S/c1-3-4-5-8-11-25-15-10-7-6-9-14(15)12-16-18(24)22-19(26-16)20-17(23)13(2)21-22/h6-7,9-10,12H,3-5,8,11H2,1-2H3/b16-12-. The Morgan fingerprint density at radius 1 is 1.19 bits per heavy atom. The number of benzene rings is 1. The average molecular weight is 371 g/mol. The molecule has 3 aromatic rings. The number of unbranched alkanes of at least 4 members (excludes halogenated alkanes) is 3. The van der Waals surface area contributed by atoms with Crippen molar-refractivity contribution in [2.24, 2.45) is 0 Å². The molecule has 2 heterocycles. The molecular formula is C19H21N3O3S. The van der Waals surface area contributed by atoms with Crippen molar-refractivity contribution in [1.29, 1.82) is 0 Å². The molecular weight excluding hydrogens is 350 g/mol. The van der Waals surface area contributed by atoms with Crippen molar-refractivity contribution in [1.82, 2.24) is 14.6 Å². The molecule has 0 spiro atoms. The first-order valence-corrected chi connectivity index (χ1v) is 9.56. The van der Waals surface area contributed by atoms with Crippen molar-refractivity contribution in [3.8, 4) is 5.75 Å². The summed E-state index contributed by atoms with van der Waals surface area (Å²) in [7, 11) is 0. The van der Waals surface area contributed by atoms with E-state index in [1.807, 2.05) is 24.3 Å². The lowest BCUT2D eigenvalue weighted by atomic mass is 10.2. The smallest absolute Gasteiger partial charge is 0.295 e. The molecule has 0 fully saturated rings. The molecule has 2 aromatic heterocycles. The van der Waals surface area contributed by atoms with Crippen LogP contribution in [0.2, 0.25) is 0 Å². The number of hydrogen-bond donors (Lipinski definition) is 0. The van der Waals surface area contributed by atoms with E-state index in [1.54, 1.807) is 13.0 Å². The maximum atomic E-state index is 12.5. The minimum Gasteiger partial charge on any atom is -0.493 e. The number of rotatable bonds is 7. The molecule has 0 saturated carbocycles. The average Bonchev–Trinajstić information content (AvgIpc) is 2.92. The molecule has 0 aliphatic carbocycles. The van der Waals surface area contributed by atoms with Gasteiger partial charge < -0.3 is 4.74 Å². The van der Waals surface area contributed by atoms with Gasteiger partial charge in [0.15, 0.2) is 0 Å². The van der Waals surface area contributed by atoms with Gasteiger partial charge in [0.05, 0.1) is 11.1 Å². The summed E-state index contributed by atoms with van der Waals surface area (Å²) in [6.45, 7) is 4.37. The minimum atomic E-state index is -0.409. The summed E-state index contributed by atoms with van der Waals surface area (Å²) in [5, 5.41) is 4.03. The van der Waals surface area contributed by atoms with E-state index in [2.05, 4.69) is 17.0 Å². The Morgan fingerprint density at radius 2 is 2.00 bits per heavy atom. The van der Waals surface area contributed by atoms with E-state index in [9.17, 15) is 9.59 Å². The van der Waals surface area contributed by atoms with Crippen molar-refractivity contribution in [3.63, 3.8) is 0 Å². The first-order valence-electron chi connectivity index (χ1n) is 8.74. The second-order valence-corrected chi connectivity index (χ2v) is 7.07. The van der Waals surface area contributed by atoms with Crippen LogP contribution < -0.4 is 20.4 Å². The third-order valence-corrected chi connectivity index (χ3v) is 4.96. The molecule has 0 atom stereocenters. The summed E-state index contributed by atoms with van der Waals surface area (Å²) >= 11 is 1.15. The van der Waals surface area contributed by atoms with Gasteiger partial charge in [0.2, 0.25) is 4.96 Å². The fraction of sp³-hybridized carbons (Fsp3) is 0.368. The van der Waals surface area contributed by atoms with Gasteiger partial charge in [-0.05, 0) is 25.5 Å². The molecule has 136 valence electrons. The van der Waals surface area contributed by atoms with Crippen LogP contribution in [0.3, 0.4) is 0 Å². The summed E-state index contributed by atoms with van der Waals surface area (Å²) in [5.41, 5.74) is 0.345. The molecule has 0 bridgehead atoms. The summed E-state index contributed by atoms with van der Waals surface area (Å²) in [5.74, 6) is 0.743. The van der Waals surface area contributed by atoms with Crippen LogP contribution in [0, 0.1) is 6.92 Å². The quantitative estimate of drug-likeness (QED) is 0.596. The summed E-state index contributed by atoms with van der Waals surface area (Å²) in [4.78, 5) is 28.4. The van der Waals surface area contributed by atoms with Crippen LogP contribution in [0.5, 0.6) is 5.75 Å². The SMILES string of the molecule is CCCCCCOc1ccccc1/C=c1\sc2nc(=O)c(C)nn2c1=O. The van der Waals surface area contributed by atoms with E-state index in [0.29, 0.717) is 16.1 Å². The van der Waals surface area contributed by atoms with Crippen LogP contribution >= 0.6 is 11.3 Å². The molecule has 0 aliphatic rings. The fourth-order valence-corrected chi connectivity index (χ4v) is 3.47. The van der Waals surface area contributed by atoms with E-state index in [1.165, 1.54) is 17.4 Å². The summed E-state index contributed by atoms with van der Waals surface area (Å²) in [6, 6.07) is 7.61. The summed E-state index contributed by atoms with van der Waals surface area (Å²) < 4.78 is 7.54. The van der Waals surface area contributed by atoms with E-state index in [-0.39, 0.29) is 11.3 Å². The van der Waals surface area contributed by atoms with Gasteiger partial charge in [0, 0.05) is 5.56 Å². The van der Waals surface area contributed by atoms with Gasteiger partial charge in [0.1, 0.15) is 11.4 Å². The van der Waals surface area contributed by atoms with Crippen LogP contribution in [0.15, 0.2) is 33.9 Å². The molecule has 0 unspecified atom stereocenters. The number of hydrogen-bond acceptors (Lipinski definition) is 6. The normalized spacial score (nSPS) is 12.0. The van der Waals surface area contributed by atoms with Gasteiger partial charge in [-0.1, -0.05) is 55.7 Å². The third-order valence-electron chi connectivity index (χ3n) is 4.00. The zero-order valence-corrected chi connectivity index (χ0v) is 15.7. The largest absolute Gasteiger partial charge is 0.493 e. The topological polar surface area (TPSA) is 73.6 Å². The van der Waals surface area contributed by atoms with Crippen molar-refractivity contribution < 1.29 is 4.74 Å². The predicted molar refractivity (Wildman–Crippen MR) is 103 cm³/mol. The lowest BCUT2D eigenvalue weighted by Gasteiger charge is -2.08. The minimum absolute atomic E-state index is 0.208. The highest BCUT2D eigenvalue weighted by atomic mass is 32.1. The van der Waals surface area contributed by atoms with Crippen LogP contribution in [0.1, 0.15) is 43.9 Å². The highest BCUT2D eigenvalue weighted by Crippen LogP contribution is 2.19. The zero-order chi connectivity index (χ0) is 18.5. The van der Waals surface area contributed by atoms with Crippen molar-refractivity contribution >= 4 is 22.4 Å². The lowest BCUT2D eigenvalue weighted by Crippen LogP contribution is -2.27. The Labute approximate surface area is 154 Å². The molecule has 1 aromatic carbocycles. The highest BCUT2D eigenvalue weighted by Gasteiger charge is 2.09. The molecule has 0 aliphatic heterocycles. The van der Waals surface area contributed by atoms with Gasteiger partial charge in [-0.15, -0.1) is 0 Å². The Morgan fingerprint density at radius 3 is 2.81 bits per heavy atom. The molecule has 0 amide bonds. The maximum Gasteiger partial charge on any atom is 0.295 e. The summed E-state index contributed by atoms with van der Waals surface area (Å²) in [6.07, 6.45) is 6.32. The third kappa shape index (κ3) is 3.99. The van der Waals surface area contributed by atoms with E-state index in [0.717, 1.165) is 35.5 Å². The number of para-hydroxylation sites is 1. The van der Waals surface area contributed by atoms with Crippen molar-refractivity contribution in [2.45, 2.75) is 39.5 Å². The van der Waals surface area contributed by atoms with Crippen LogP contribution in [-0.4, -0.2) is 21.2 Å². The lowest BCUT2D eigenvalue weighted by molar-refractivity contribution is 0.304. The monoisotopic (exact) mass is 371 g/mol. The molecule has 0 radical (unpaired) electrons. The number of ether oxygens (including phenoxy) is 1. The van der Waals surface area contributed by atoms with E-state index in [4.69, 9.17) is 4.74 Å². The first kappa shape index (κ1) is 18.3. The van der Waals surface area contributed by atoms with Crippen molar-refractivity contribution in [2.75, 3.05) is 6.61 Å². The van der Waals surface area contributed by atoms with Gasteiger partial charge in [-0.3, -0.25) is 9.59 Å². The van der Waals surface area contributed by atoms with Gasteiger partial charge >= 0.3 is 0 Å². The maximum absolute atomic E-state index is 12.5. The van der Waals surface area contributed by atoms with Crippen molar-refractivity contribution in [3.05, 3.63) is 60.8 Å². The number of aryl methyl sites for hydroxylation is 1. The molecule has 7 heteroatoms. The number of thiazole rings is 1. The molecule has 0 saturated heterocycles. The Hall–Kier alpha value is -2.54. The first-order chi connectivity index (χ1) is 12.6. The Balaban J connectivity index is 1.93. The molecule has 26 heavy (non-hydrogen) atoms. The number of aromatic nitrogens is 3. The van der Waals surface area contributed by atoms with Gasteiger partial charge in [0.25, 0.3) is 11.1 Å². The second-order valence-electron chi connectivity index (χ2n) is 6.06.